The van der Waals surface area contributed by atoms with Gasteiger partial charge in [-0.3, -0.25) is 10.1 Å². The highest BCUT2D eigenvalue weighted by Gasteiger charge is 2.30. The molecule has 114 valence electrons. The highest BCUT2D eigenvalue weighted by atomic mass is 32.1. The van der Waals surface area contributed by atoms with E-state index in [4.69, 9.17) is 4.52 Å². The van der Waals surface area contributed by atoms with E-state index in [0.717, 1.165) is 15.6 Å². The first-order valence-electron chi connectivity index (χ1n) is 6.82. The molecule has 2 rings (SSSR count). The molecule has 0 aliphatic carbocycles. The Bertz CT molecular complexity index is 650. The Labute approximate surface area is 128 Å². The van der Waals surface area contributed by atoms with E-state index in [0.29, 0.717) is 5.88 Å². The summed E-state index contributed by atoms with van der Waals surface area (Å²) in [5.74, 6) is 0.274. The standard InChI is InChI=1S/C15H21N3O2S/c1-9-16-8-11(21-9)15(5,6)10-7-12(20-18-10)17-13(19)14(2,3)4/h7-8H,1-6H3,(H,17,19). The molecule has 21 heavy (non-hydrogen) atoms. The molecule has 0 spiro atoms. The molecule has 0 atom stereocenters. The van der Waals surface area contributed by atoms with E-state index in [9.17, 15) is 4.79 Å². The third kappa shape index (κ3) is 3.32. The van der Waals surface area contributed by atoms with Crippen molar-refractivity contribution in [3.05, 3.63) is 27.8 Å². The Hall–Kier alpha value is -1.69. The molecule has 0 radical (unpaired) electrons. The van der Waals surface area contributed by atoms with Gasteiger partial charge >= 0.3 is 0 Å². The van der Waals surface area contributed by atoms with Gasteiger partial charge in [0.2, 0.25) is 11.8 Å². The molecule has 2 heterocycles. The van der Waals surface area contributed by atoms with Crippen LogP contribution in [-0.2, 0) is 10.2 Å². The highest BCUT2D eigenvalue weighted by Crippen LogP contribution is 2.35. The quantitative estimate of drug-likeness (QED) is 0.937. The van der Waals surface area contributed by atoms with Gasteiger partial charge in [-0.2, -0.15) is 0 Å². The number of anilines is 1. The van der Waals surface area contributed by atoms with Crippen molar-refractivity contribution >= 4 is 23.1 Å². The molecule has 0 fully saturated rings. The number of hydrogen-bond donors (Lipinski definition) is 1. The highest BCUT2D eigenvalue weighted by molar-refractivity contribution is 7.11. The van der Waals surface area contributed by atoms with Crippen LogP contribution in [0.5, 0.6) is 0 Å². The topological polar surface area (TPSA) is 68.0 Å². The van der Waals surface area contributed by atoms with Crippen LogP contribution in [0.1, 0.15) is 50.2 Å². The molecule has 0 aromatic carbocycles. The Morgan fingerprint density at radius 2 is 1.95 bits per heavy atom. The van der Waals surface area contributed by atoms with Crippen molar-refractivity contribution in [3.8, 4) is 0 Å². The van der Waals surface area contributed by atoms with Gasteiger partial charge in [0.05, 0.1) is 10.7 Å². The average molecular weight is 307 g/mol. The number of aryl methyl sites for hydroxylation is 1. The van der Waals surface area contributed by atoms with Crippen LogP contribution in [0.15, 0.2) is 16.8 Å². The van der Waals surface area contributed by atoms with Crippen molar-refractivity contribution in [3.63, 3.8) is 0 Å². The second-order valence-corrected chi connectivity index (χ2v) is 7.88. The third-order valence-electron chi connectivity index (χ3n) is 3.31. The Kier molecular flexibility index (Phi) is 3.93. The summed E-state index contributed by atoms with van der Waals surface area (Å²) in [5, 5.41) is 7.86. The van der Waals surface area contributed by atoms with E-state index in [-0.39, 0.29) is 11.3 Å². The number of rotatable bonds is 3. The van der Waals surface area contributed by atoms with Crippen LogP contribution in [0.4, 0.5) is 5.88 Å². The fourth-order valence-electron chi connectivity index (χ4n) is 1.70. The summed E-state index contributed by atoms with van der Waals surface area (Å²) < 4.78 is 5.25. The number of nitrogens with zero attached hydrogens (tertiary/aromatic N) is 2. The Morgan fingerprint density at radius 3 is 2.48 bits per heavy atom. The molecule has 0 unspecified atom stereocenters. The summed E-state index contributed by atoms with van der Waals surface area (Å²) in [6.07, 6.45) is 1.86. The van der Waals surface area contributed by atoms with E-state index in [1.165, 1.54) is 0 Å². The van der Waals surface area contributed by atoms with Gasteiger partial charge in [0.15, 0.2) is 0 Å². The van der Waals surface area contributed by atoms with Crippen LogP contribution in [0.25, 0.3) is 0 Å². The van der Waals surface area contributed by atoms with Crippen molar-refractivity contribution in [1.82, 2.24) is 10.1 Å². The van der Waals surface area contributed by atoms with Gasteiger partial charge in [0.1, 0.15) is 0 Å². The smallest absolute Gasteiger partial charge is 0.232 e. The first-order chi connectivity index (χ1) is 9.60. The van der Waals surface area contributed by atoms with Crippen molar-refractivity contribution in [2.45, 2.75) is 47.0 Å². The van der Waals surface area contributed by atoms with Crippen LogP contribution < -0.4 is 5.32 Å². The number of carbonyl (C=O) groups excluding carboxylic acids is 1. The minimum atomic E-state index is -0.475. The van der Waals surface area contributed by atoms with Gasteiger partial charge in [-0.15, -0.1) is 11.3 Å². The molecule has 6 heteroatoms. The molecule has 0 aliphatic rings. The monoisotopic (exact) mass is 307 g/mol. The van der Waals surface area contributed by atoms with Gasteiger partial charge in [0.25, 0.3) is 0 Å². The maximum Gasteiger partial charge on any atom is 0.232 e. The van der Waals surface area contributed by atoms with E-state index in [1.54, 1.807) is 17.4 Å². The normalized spacial score (nSPS) is 12.5. The predicted molar refractivity (Wildman–Crippen MR) is 83.6 cm³/mol. The van der Waals surface area contributed by atoms with E-state index in [2.05, 4.69) is 29.3 Å². The van der Waals surface area contributed by atoms with Crippen molar-refractivity contribution < 1.29 is 9.32 Å². The van der Waals surface area contributed by atoms with Crippen molar-refractivity contribution in [2.24, 2.45) is 5.41 Å². The lowest BCUT2D eigenvalue weighted by molar-refractivity contribution is -0.123. The van der Waals surface area contributed by atoms with Crippen molar-refractivity contribution in [2.75, 3.05) is 5.32 Å². The molecule has 1 N–H and O–H groups in total. The molecule has 0 aliphatic heterocycles. The summed E-state index contributed by atoms with van der Waals surface area (Å²) in [4.78, 5) is 17.4. The van der Waals surface area contributed by atoms with E-state index < -0.39 is 5.41 Å². The zero-order chi connectivity index (χ0) is 15.8. The lowest BCUT2D eigenvalue weighted by atomic mass is 9.88. The van der Waals surface area contributed by atoms with Crippen LogP contribution in [-0.4, -0.2) is 16.0 Å². The van der Waals surface area contributed by atoms with Crippen LogP contribution in [0.3, 0.4) is 0 Å². The fraction of sp³-hybridized carbons (Fsp3) is 0.533. The molecule has 5 nitrogen and oxygen atoms in total. The molecular formula is C15H21N3O2S. The number of hydrogen-bond acceptors (Lipinski definition) is 5. The van der Waals surface area contributed by atoms with Gasteiger partial charge in [-0.05, 0) is 20.8 Å². The number of aromatic nitrogens is 2. The molecule has 2 aromatic rings. The number of nitrogens with one attached hydrogen (secondary N) is 1. The van der Waals surface area contributed by atoms with Crippen LogP contribution >= 0.6 is 11.3 Å². The summed E-state index contributed by atoms with van der Waals surface area (Å²) in [6.45, 7) is 11.7. The first-order valence-corrected chi connectivity index (χ1v) is 7.64. The average Bonchev–Trinajstić information content (AvgIpc) is 2.97. The lowest BCUT2D eigenvalue weighted by Crippen LogP contribution is -2.27. The summed E-state index contributed by atoms with van der Waals surface area (Å²) in [5.41, 5.74) is -0.00688. The minimum absolute atomic E-state index is 0.100. The molecule has 0 saturated carbocycles. The minimum Gasteiger partial charge on any atom is -0.338 e. The van der Waals surface area contributed by atoms with Gasteiger partial charge in [-0.1, -0.05) is 25.9 Å². The molecule has 1 amide bonds. The first kappa shape index (κ1) is 15.7. The summed E-state index contributed by atoms with van der Waals surface area (Å²) in [6, 6.07) is 1.78. The molecular weight excluding hydrogens is 286 g/mol. The Balaban J connectivity index is 2.21. The van der Waals surface area contributed by atoms with Crippen molar-refractivity contribution in [1.29, 1.82) is 0 Å². The Morgan fingerprint density at radius 1 is 1.29 bits per heavy atom. The van der Waals surface area contributed by atoms with E-state index >= 15 is 0 Å². The SMILES string of the molecule is Cc1ncc(C(C)(C)c2cc(NC(=O)C(C)(C)C)on2)s1. The second kappa shape index (κ2) is 5.26. The lowest BCUT2D eigenvalue weighted by Gasteiger charge is -2.19. The molecule has 2 aromatic heterocycles. The van der Waals surface area contributed by atoms with E-state index in [1.807, 2.05) is 33.9 Å². The summed E-state index contributed by atoms with van der Waals surface area (Å²) in [7, 11) is 0. The maximum absolute atomic E-state index is 12.0. The largest absolute Gasteiger partial charge is 0.338 e. The fourth-order valence-corrected chi connectivity index (χ4v) is 2.59. The van der Waals surface area contributed by atoms with Crippen LogP contribution in [0, 0.1) is 12.3 Å². The predicted octanol–water partition coefficient (Wildman–Crippen LogP) is 3.75. The number of amides is 1. The van der Waals surface area contributed by atoms with Gasteiger partial charge < -0.3 is 4.52 Å². The summed E-state index contributed by atoms with van der Waals surface area (Å²) >= 11 is 1.64. The second-order valence-electron chi connectivity index (χ2n) is 6.65. The number of carbonyl (C=O) groups is 1. The van der Waals surface area contributed by atoms with Crippen LogP contribution in [0.2, 0.25) is 0 Å². The zero-order valence-electron chi connectivity index (χ0n) is 13.3. The third-order valence-corrected chi connectivity index (χ3v) is 4.54. The number of thiazole rings is 1. The molecule has 0 saturated heterocycles. The molecule has 0 bridgehead atoms. The van der Waals surface area contributed by atoms with Gasteiger partial charge in [0, 0.05) is 28.0 Å². The maximum atomic E-state index is 12.0. The van der Waals surface area contributed by atoms with Gasteiger partial charge in [-0.25, -0.2) is 4.98 Å². The zero-order valence-corrected chi connectivity index (χ0v) is 14.1.